The smallest absolute Gasteiger partial charge is 0.291 e. The fourth-order valence-corrected chi connectivity index (χ4v) is 2.60. The lowest BCUT2D eigenvalue weighted by atomic mass is 10.1. The van der Waals surface area contributed by atoms with Gasteiger partial charge >= 0.3 is 0 Å². The van der Waals surface area contributed by atoms with Gasteiger partial charge in [0.25, 0.3) is 5.91 Å². The maximum atomic E-state index is 12.1. The van der Waals surface area contributed by atoms with Gasteiger partial charge < -0.3 is 14.6 Å². The van der Waals surface area contributed by atoms with Crippen LogP contribution in [0.25, 0.3) is 0 Å². The maximum Gasteiger partial charge on any atom is 0.291 e. The number of anilines is 2. The zero-order chi connectivity index (χ0) is 15.0. The highest BCUT2D eigenvalue weighted by Crippen LogP contribution is 2.30. The van der Waals surface area contributed by atoms with E-state index in [2.05, 4.69) is 5.32 Å². The van der Waals surface area contributed by atoms with E-state index >= 15 is 0 Å². The van der Waals surface area contributed by atoms with Crippen molar-refractivity contribution >= 4 is 23.2 Å². The molecule has 1 aliphatic heterocycles. The highest BCUT2D eigenvalue weighted by atomic mass is 16.3. The van der Waals surface area contributed by atoms with Gasteiger partial charge in [-0.2, -0.15) is 0 Å². The molecule has 21 heavy (non-hydrogen) atoms. The molecule has 2 amide bonds. The van der Waals surface area contributed by atoms with Gasteiger partial charge in [-0.3, -0.25) is 9.59 Å². The molecule has 1 aromatic heterocycles. The first-order valence-corrected chi connectivity index (χ1v) is 6.83. The van der Waals surface area contributed by atoms with Crippen molar-refractivity contribution in [3.63, 3.8) is 0 Å². The van der Waals surface area contributed by atoms with Crippen molar-refractivity contribution in [2.45, 2.75) is 20.3 Å². The minimum Gasteiger partial charge on any atom is -0.459 e. The van der Waals surface area contributed by atoms with Crippen LogP contribution in [0.1, 0.15) is 28.6 Å². The zero-order valence-electron chi connectivity index (χ0n) is 12.0. The number of fused-ring (bicyclic) bond motifs is 1. The molecule has 2 aromatic rings. The van der Waals surface area contributed by atoms with E-state index in [4.69, 9.17) is 4.42 Å². The van der Waals surface area contributed by atoms with Gasteiger partial charge in [-0.1, -0.05) is 0 Å². The van der Waals surface area contributed by atoms with Crippen molar-refractivity contribution in [1.82, 2.24) is 0 Å². The minimum atomic E-state index is -0.265. The second-order valence-corrected chi connectivity index (χ2v) is 5.15. The number of amides is 2. The summed E-state index contributed by atoms with van der Waals surface area (Å²) in [5.74, 6) is 0.0940. The number of rotatable bonds is 2. The summed E-state index contributed by atoms with van der Waals surface area (Å²) < 4.78 is 5.17. The minimum absolute atomic E-state index is 0.0387. The number of aryl methyl sites for hydroxylation is 1. The van der Waals surface area contributed by atoms with E-state index in [9.17, 15) is 9.59 Å². The van der Waals surface area contributed by atoms with Crippen LogP contribution in [0.15, 0.2) is 34.9 Å². The van der Waals surface area contributed by atoms with Crippen LogP contribution in [0.3, 0.4) is 0 Å². The Hall–Kier alpha value is -2.56. The van der Waals surface area contributed by atoms with E-state index in [1.54, 1.807) is 24.0 Å². The summed E-state index contributed by atoms with van der Waals surface area (Å²) in [6.07, 6.45) is 2.30. The van der Waals surface area contributed by atoms with Crippen molar-refractivity contribution in [2.24, 2.45) is 0 Å². The Morgan fingerprint density at radius 3 is 2.76 bits per heavy atom. The lowest BCUT2D eigenvalue weighted by Crippen LogP contribution is -2.25. The van der Waals surface area contributed by atoms with Gasteiger partial charge in [0.2, 0.25) is 5.91 Å². The Morgan fingerprint density at radius 1 is 1.29 bits per heavy atom. The molecule has 0 unspecified atom stereocenters. The number of furan rings is 1. The van der Waals surface area contributed by atoms with E-state index in [-0.39, 0.29) is 11.8 Å². The fourth-order valence-electron chi connectivity index (χ4n) is 2.60. The Balaban J connectivity index is 1.81. The predicted molar refractivity (Wildman–Crippen MR) is 79.6 cm³/mol. The normalized spacial score (nSPS) is 13.1. The molecule has 3 rings (SSSR count). The summed E-state index contributed by atoms with van der Waals surface area (Å²) >= 11 is 0. The summed E-state index contributed by atoms with van der Waals surface area (Å²) in [4.78, 5) is 25.4. The molecule has 5 heteroatoms. The maximum absolute atomic E-state index is 12.1. The molecule has 0 fully saturated rings. The van der Waals surface area contributed by atoms with Crippen LogP contribution in [0.5, 0.6) is 0 Å². The van der Waals surface area contributed by atoms with Crippen LogP contribution in [0.4, 0.5) is 11.4 Å². The molecular weight excluding hydrogens is 268 g/mol. The van der Waals surface area contributed by atoms with Crippen molar-refractivity contribution in [3.8, 4) is 0 Å². The van der Waals surface area contributed by atoms with E-state index < -0.39 is 0 Å². The fraction of sp³-hybridized carbons (Fsp3) is 0.250. The van der Waals surface area contributed by atoms with Gasteiger partial charge in [-0.05, 0) is 43.2 Å². The first-order chi connectivity index (χ1) is 10.1. The molecule has 0 bridgehead atoms. The number of hydrogen-bond donors (Lipinski definition) is 1. The van der Waals surface area contributed by atoms with Gasteiger partial charge in [0.1, 0.15) is 0 Å². The summed E-state index contributed by atoms with van der Waals surface area (Å²) in [6.45, 7) is 4.08. The Labute approximate surface area is 122 Å². The third-order valence-corrected chi connectivity index (χ3v) is 3.68. The molecule has 2 heterocycles. The van der Waals surface area contributed by atoms with E-state index in [0.717, 1.165) is 23.2 Å². The zero-order valence-corrected chi connectivity index (χ0v) is 12.0. The number of nitrogens with zero attached hydrogens (tertiary/aromatic N) is 1. The Bertz CT molecular complexity index is 718. The van der Waals surface area contributed by atoms with Gasteiger partial charge in [0, 0.05) is 30.4 Å². The topological polar surface area (TPSA) is 62.6 Å². The average molecular weight is 284 g/mol. The molecule has 0 aliphatic carbocycles. The molecule has 1 aliphatic rings. The standard InChI is InChI=1S/C16H16N2O3/c1-10-6-8-21-15(10)16(20)17-13-3-4-14-12(9-13)5-7-18(14)11(2)19/h3-4,6,8-9H,5,7H2,1-2H3,(H,17,20). The lowest BCUT2D eigenvalue weighted by molar-refractivity contribution is -0.116. The first kappa shape index (κ1) is 13.4. The van der Waals surface area contributed by atoms with E-state index in [0.29, 0.717) is 18.0 Å². The molecule has 1 aromatic carbocycles. The Kier molecular flexibility index (Phi) is 3.25. The van der Waals surface area contributed by atoms with Crippen LogP contribution >= 0.6 is 0 Å². The van der Waals surface area contributed by atoms with Crippen molar-refractivity contribution in [2.75, 3.05) is 16.8 Å². The third kappa shape index (κ3) is 2.42. The molecular formula is C16H16N2O3. The summed E-state index contributed by atoms with van der Waals surface area (Å²) in [6, 6.07) is 7.33. The monoisotopic (exact) mass is 284 g/mol. The van der Waals surface area contributed by atoms with E-state index in [1.807, 2.05) is 19.1 Å². The predicted octanol–water partition coefficient (Wildman–Crippen LogP) is 2.75. The quantitative estimate of drug-likeness (QED) is 0.922. The molecule has 0 saturated heterocycles. The molecule has 108 valence electrons. The molecule has 1 N–H and O–H groups in total. The highest BCUT2D eigenvalue weighted by molar-refractivity contribution is 6.03. The molecule has 0 radical (unpaired) electrons. The second kappa shape index (κ2) is 5.09. The first-order valence-electron chi connectivity index (χ1n) is 6.83. The molecule has 5 nitrogen and oxygen atoms in total. The largest absolute Gasteiger partial charge is 0.459 e. The highest BCUT2D eigenvalue weighted by Gasteiger charge is 2.22. The van der Waals surface area contributed by atoms with Gasteiger partial charge in [-0.25, -0.2) is 0 Å². The number of carbonyl (C=O) groups is 2. The summed E-state index contributed by atoms with van der Waals surface area (Å²) in [5.41, 5.74) is 3.50. The molecule has 0 saturated carbocycles. The number of nitrogens with one attached hydrogen (secondary N) is 1. The number of carbonyl (C=O) groups excluding carboxylic acids is 2. The summed E-state index contributed by atoms with van der Waals surface area (Å²) in [7, 11) is 0. The van der Waals surface area contributed by atoms with Crippen LogP contribution in [-0.4, -0.2) is 18.4 Å². The lowest BCUT2D eigenvalue weighted by Gasteiger charge is -2.15. The number of benzene rings is 1. The van der Waals surface area contributed by atoms with Crippen molar-refractivity contribution in [3.05, 3.63) is 47.4 Å². The second-order valence-electron chi connectivity index (χ2n) is 5.15. The SMILES string of the molecule is CC(=O)N1CCc2cc(NC(=O)c3occc3C)ccc21. The van der Waals surface area contributed by atoms with Crippen molar-refractivity contribution in [1.29, 1.82) is 0 Å². The van der Waals surface area contributed by atoms with Crippen LogP contribution < -0.4 is 10.2 Å². The van der Waals surface area contributed by atoms with Crippen LogP contribution in [-0.2, 0) is 11.2 Å². The van der Waals surface area contributed by atoms with E-state index in [1.165, 1.54) is 6.26 Å². The van der Waals surface area contributed by atoms with Crippen molar-refractivity contribution < 1.29 is 14.0 Å². The van der Waals surface area contributed by atoms with Gasteiger partial charge in [0.15, 0.2) is 5.76 Å². The van der Waals surface area contributed by atoms with Gasteiger partial charge in [0.05, 0.1) is 6.26 Å². The molecule has 0 spiro atoms. The average Bonchev–Trinajstić information content (AvgIpc) is 3.04. The third-order valence-electron chi connectivity index (χ3n) is 3.68. The van der Waals surface area contributed by atoms with Crippen LogP contribution in [0.2, 0.25) is 0 Å². The Morgan fingerprint density at radius 2 is 2.10 bits per heavy atom. The number of hydrogen-bond acceptors (Lipinski definition) is 3. The molecule has 0 atom stereocenters. The van der Waals surface area contributed by atoms with Crippen LogP contribution in [0, 0.1) is 6.92 Å². The summed E-state index contributed by atoms with van der Waals surface area (Å²) in [5, 5.41) is 2.82. The van der Waals surface area contributed by atoms with Gasteiger partial charge in [-0.15, -0.1) is 0 Å².